The Labute approximate surface area is 196 Å². The zero-order valence-electron chi connectivity index (χ0n) is 17.0. The standard InChI is InChI=1S/C23H16ClN5O3S/c24-18-10-14(4-5-20(18)30)22(31)27-25-11-15-2-1-3-19-17(15)6-8-29(19)12-21-26-23(32-28-21)16-7-9-33-13-16/h1-11,13,30H,12H2,(H,27,31). The van der Waals surface area contributed by atoms with Crippen molar-refractivity contribution in [2.45, 2.75) is 6.54 Å². The van der Waals surface area contributed by atoms with Crippen molar-refractivity contribution < 1.29 is 14.4 Å². The lowest BCUT2D eigenvalue weighted by Gasteiger charge is -2.04. The molecule has 8 nitrogen and oxygen atoms in total. The summed E-state index contributed by atoms with van der Waals surface area (Å²) in [5.41, 5.74) is 5.48. The average Bonchev–Trinajstić information content (AvgIpc) is 3.57. The smallest absolute Gasteiger partial charge is 0.271 e. The summed E-state index contributed by atoms with van der Waals surface area (Å²) in [5, 5.41) is 22.6. The van der Waals surface area contributed by atoms with Gasteiger partial charge in [-0.15, -0.1) is 0 Å². The number of amides is 1. The van der Waals surface area contributed by atoms with Gasteiger partial charge in [0.25, 0.3) is 11.8 Å². The van der Waals surface area contributed by atoms with Gasteiger partial charge < -0.3 is 14.2 Å². The van der Waals surface area contributed by atoms with Crippen molar-refractivity contribution in [3.8, 4) is 17.2 Å². The van der Waals surface area contributed by atoms with Crippen LogP contribution in [0, 0.1) is 0 Å². The Morgan fingerprint density at radius 2 is 2.18 bits per heavy atom. The summed E-state index contributed by atoms with van der Waals surface area (Å²) in [7, 11) is 0. The molecule has 164 valence electrons. The van der Waals surface area contributed by atoms with Gasteiger partial charge in [-0.05, 0) is 41.8 Å². The third kappa shape index (κ3) is 4.36. The SMILES string of the molecule is O=C(NN=Cc1cccc2c1ccn2Cc1noc(-c2ccsc2)n1)c1ccc(O)c(Cl)c1. The predicted molar refractivity (Wildman–Crippen MR) is 127 cm³/mol. The van der Waals surface area contributed by atoms with E-state index in [0.717, 1.165) is 22.0 Å². The minimum Gasteiger partial charge on any atom is -0.506 e. The van der Waals surface area contributed by atoms with Gasteiger partial charge in [-0.2, -0.15) is 21.4 Å². The van der Waals surface area contributed by atoms with E-state index in [1.165, 1.54) is 18.2 Å². The zero-order chi connectivity index (χ0) is 22.8. The van der Waals surface area contributed by atoms with E-state index in [9.17, 15) is 9.90 Å². The van der Waals surface area contributed by atoms with Crippen LogP contribution in [0.4, 0.5) is 0 Å². The van der Waals surface area contributed by atoms with Crippen molar-refractivity contribution >= 4 is 46.0 Å². The molecule has 0 aliphatic rings. The van der Waals surface area contributed by atoms with E-state index in [-0.39, 0.29) is 10.8 Å². The van der Waals surface area contributed by atoms with Crippen LogP contribution in [0.15, 0.2) is 75.1 Å². The van der Waals surface area contributed by atoms with Gasteiger partial charge in [0.2, 0.25) is 0 Å². The first-order valence-electron chi connectivity index (χ1n) is 9.83. The minimum absolute atomic E-state index is 0.0867. The van der Waals surface area contributed by atoms with Crippen LogP contribution in [0.2, 0.25) is 5.02 Å². The molecule has 33 heavy (non-hydrogen) atoms. The normalized spacial score (nSPS) is 11.4. The maximum absolute atomic E-state index is 12.3. The number of phenolic OH excluding ortho intramolecular Hbond substituents is 1. The average molecular weight is 478 g/mol. The first-order valence-corrected chi connectivity index (χ1v) is 11.2. The highest BCUT2D eigenvalue weighted by atomic mass is 35.5. The molecule has 2 N–H and O–H groups in total. The lowest BCUT2D eigenvalue weighted by molar-refractivity contribution is 0.0955. The Kier molecular flexibility index (Phi) is 5.64. The second kappa shape index (κ2) is 8.89. The molecule has 0 saturated carbocycles. The Bertz CT molecular complexity index is 1470. The minimum atomic E-state index is -0.434. The number of thiophene rings is 1. The van der Waals surface area contributed by atoms with Crippen LogP contribution in [-0.2, 0) is 6.54 Å². The predicted octanol–water partition coefficient (Wildman–Crippen LogP) is 4.92. The van der Waals surface area contributed by atoms with E-state index in [0.29, 0.717) is 23.8 Å². The highest BCUT2D eigenvalue weighted by Crippen LogP contribution is 2.24. The number of hydrogen-bond acceptors (Lipinski definition) is 7. The van der Waals surface area contributed by atoms with Crippen LogP contribution in [0.3, 0.4) is 0 Å². The van der Waals surface area contributed by atoms with Crippen LogP contribution in [0.25, 0.3) is 22.4 Å². The Morgan fingerprint density at radius 1 is 1.27 bits per heavy atom. The first kappa shape index (κ1) is 20.9. The molecule has 0 atom stereocenters. The maximum Gasteiger partial charge on any atom is 0.271 e. The van der Waals surface area contributed by atoms with Crippen molar-refractivity contribution in [3.05, 3.63) is 87.5 Å². The van der Waals surface area contributed by atoms with Crippen molar-refractivity contribution in [2.24, 2.45) is 5.10 Å². The van der Waals surface area contributed by atoms with Crippen LogP contribution in [-0.4, -0.2) is 31.9 Å². The molecule has 0 aliphatic heterocycles. The van der Waals surface area contributed by atoms with E-state index in [2.05, 4.69) is 20.7 Å². The number of fused-ring (bicyclic) bond motifs is 1. The van der Waals surface area contributed by atoms with Crippen molar-refractivity contribution in [2.75, 3.05) is 0 Å². The number of nitrogens with zero attached hydrogens (tertiary/aromatic N) is 4. The number of carbonyl (C=O) groups excluding carboxylic acids is 1. The summed E-state index contributed by atoms with van der Waals surface area (Å²) in [6, 6.07) is 13.9. The largest absolute Gasteiger partial charge is 0.506 e. The number of rotatable bonds is 6. The van der Waals surface area contributed by atoms with Gasteiger partial charge in [0.1, 0.15) is 5.75 Å². The lowest BCUT2D eigenvalue weighted by Crippen LogP contribution is -2.17. The summed E-state index contributed by atoms with van der Waals surface area (Å²) >= 11 is 7.43. The molecule has 1 amide bonds. The fourth-order valence-electron chi connectivity index (χ4n) is 3.34. The molecule has 0 spiro atoms. The van der Waals surface area contributed by atoms with E-state index in [4.69, 9.17) is 16.1 Å². The number of aromatic hydroxyl groups is 1. The second-order valence-corrected chi connectivity index (χ2v) is 8.30. The zero-order valence-corrected chi connectivity index (χ0v) is 18.5. The molecule has 5 aromatic rings. The summed E-state index contributed by atoms with van der Waals surface area (Å²) in [5.74, 6) is 0.557. The Hall–Kier alpha value is -3.95. The number of benzene rings is 2. The number of hydrazone groups is 1. The van der Waals surface area contributed by atoms with E-state index >= 15 is 0 Å². The lowest BCUT2D eigenvalue weighted by atomic mass is 10.1. The van der Waals surface area contributed by atoms with Crippen LogP contribution >= 0.6 is 22.9 Å². The Balaban J connectivity index is 1.32. The molecule has 3 aromatic heterocycles. The Morgan fingerprint density at radius 3 is 3.00 bits per heavy atom. The molecule has 0 bridgehead atoms. The third-order valence-electron chi connectivity index (χ3n) is 4.97. The van der Waals surface area contributed by atoms with Crippen molar-refractivity contribution in [3.63, 3.8) is 0 Å². The van der Waals surface area contributed by atoms with E-state index in [1.54, 1.807) is 17.6 Å². The monoisotopic (exact) mass is 477 g/mol. The fourth-order valence-corrected chi connectivity index (χ4v) is 4.16. The molecule has 3 heterocycles. The number of nitrogens with one attached hydrogen (secondary N) is 1. The first-order chi connectivity index (χ1) is 16.1. The molecular formula is C23H16ClN5O3S. The number of halogens is 1. The van der Waals surface area contributed by atoms with Gasteiger partial charge in [0.15, 0.2) is 5.82 Å². The van der Waals surface area contributed by atoms with Crippen LogP contribution in [0.5, 0.6) is 5.75 Å². The van der Waals surface area contributed by atoms with Crippen molar-refractivity contribution in [1.29, 1.82) is 0 Å². The summed E-state index contributed by atoms with van der Waals surface area (Å²) in [4.78, 5) is 16.7. The van der Waals surface area contributed by atoms with Crippen LogP contribution < -0.4 is 5.43 Å². The molecule has 2 aromatic carbocycles. The molecule has 0 saturated heterocycles. The molecule has 10 heteroatoms. The maximum atomic E-state index is 12.3. The fraction of sp³-hybridized carbons (Fsp3) is 0.0435. The molecule has 0 unspecified atom stereocenters. The summed E-state index contributed by atoms with van der Waals surface area (Å²) < 4.78 is 7.39. The van der Waals surface area contributed by atoms with Gasteiger partial charge >= 0.3 is 0 Å². The van der Waals surface area contributed by atoms with Crippen LogP contribution in [0.1, 0.15) is 21.7 Å². The van der Waals surface area contributed by atoms with E-state index in [1.807, 2.05) is 51.9 Å². The van der Waals surface area contributed by atoms with Gasteiger partial charge in [0, 0.05) is 33.6 Å². The highest BCUT2D eigenvalue weighted by molar-refractivity contribution is 7.08. The quantitative estimate of drug-likeness (QED) is 0.266. The highest BCUT2D eigenvalue weighted by Gasteiger charge is 2.12. The number of aromatic nitrogens is 3. The molecule has 5 rings (SSSR count). The molecule has 0 aliphatic carbocycles. The number of carbonyl (C=O) groups is 1. The van der Waals surface area contributed by atoms with E-state index < -0.39 is 5.91 Å². The van der Waals surface area contributed by atoms with Gasteiger partial charge in [-0.1, -0.05) is 28.9 Å². The number of phenols is 1. The topological polar surface area (TPSA) is 106 Å². The molecular weight excluding hydrogens is 462 g/mol. The molecule has 0 radical (unpaired) electrons. The van der Waals surface area contributed by atoms with Crippen molar-refractivity contribution in [1.82, 2.24) is 20.1 Å². The van der Waals surface area contributed by atoms with Gasteiger partial charge in [-0.25, -0.2) is 5.43 Å². The number of hydrogen-bond donors (Lipinski definition) is 2. The second-order valence-electron chi connectivity index (χ2n) is 7.12. The van der Waals surface area contributed by atoms with Gasteiger partial charge in [-0.3, -0.25) is 4.79 Å². The summed E-state index contributed by atoms with van der Waals surface area (Å²) in [6.45, 7) is 0.454. The van der Waals surface area contributed by atoms with Gasteiger partial charge in [0.05, 0.1) is 23.3 Å². The third-order valence-corrected chi connectivity index (χ3v) is 5.96. The summed E-state index contributed by atoms with van der Waals surface area (Å²) in [6.07, 6.45) is 3.52. The molecule has 0 fully saturated rings.